The van der Waals surface area contributed by atoms with Crippen molar-refractivity contribution < 1.29 is 18.5 Å². The van der Waals surface area contributed by atoms with E-state index in [1.807, 2.05) is 0 Å². The van der Waals surface area contributed by atoms with Crippen molar-refractivity contribution in [2.24, 2.45) is 0 Å². The second kappa shape index (κ2) is 7.61. The molecular weight excluding hydrogens is 325 g/mol. The van der Waals surface area contributed by atoms with Gasteiger partial charge in [0, 0.05) is 11.8 Å². The maximum atomic E-state index is 12.2. The number of methoxy groups -OCH3 is 1. The Hall–Kier alpha value is -1.11. The van der Waals surface area contributed by atoms with Crippen LogP contribution in [-0.2, 0) is 25.1 Å². The Morgan fingerprint density at radius 2 is 2.00 bits per heavy atom. The summed E-state index contributed by atoms with van der Waals surface area (Å²) in [7, 11) is -0.336. The molecule has 0 aliphatic rings. The summed E-state index contributed by atoms with van der Waals surface area (Å²) in [6.45, 7) is 1.26. The van der Waals surface area contributed by atoms with Gasteiger partial charge in [-0.2, -0.15) is 0 Å². The Morgan fingerprint density at radius 3 is 2.50 bits per heavy atom. The van der Waals surface area contributed by atoms with Crippen LogP contribution in [-0.4, -0.2) is 35.0 Å². The first-order valence-electron chi connectivity index (χ1n) is 5.53. The maximum absolute atomic E-state index is 12.2. The normalized spacial score (nSPS) is 13.4. The Morgan fingerprint density at radius 1 is 1.35 bits per heavy atom. The van der Waals surface area contributed by atoms with Crippen LogP contribution in [0.5, 0.6) is 0 Å². The minimum atomic E-state index is -1.53. The smallest absolute Gasteiger partial charge is 0.329 e. The van der Waals surface area contributed by atoms with Gasteiger partial charge in [-0.25, -0.2) is 4.79 Å². The second-order valence-electron chi connectivity index (χ2n) is 3.86. The molecule has 2 atom stereocenters. The lowest BCUT2D eigenvalue weighted by Gasteiger charge is -2.15. The fraction of sp³-hybridized carbons (Fsp3) is 0.333. The van der Waals surface area contributed by atoms with Gasteiger partial charge in [0.05, 0.1) is 33.7 Å². The van der Waals surface area contributed by atoms with Crippen molar-refractivity contribution in [2.75, 3.05) is 12.9 Å². The molecular formula is C12H13Cl2NO4S. The van der Waals surface area contributed by atoms with Crippen molar-refractivity contribution in [3.8, 4) is 0 Å². The summed E-state index contributed by atoms with van der Waals surface area (Å²) >= 11 is 11.6. The number of hydrogen-bond acceptors (Lipinski definition) is 4. The highest BCUT2D eigenvalue weighted by Crippen LogP contribution is 2.24. The average Bonchev–Trinajstić information content (AvgIpc) is 2.39. The summed E-state index contributed by atoms with van der Waals surface area (Å²) in [4.78, 5) is 23.0. The first kappa shape index (κ1) is 16.9. The van der Waals surface area contributed by atoms with E-state index in [0.29, 0.717) is 9.92 Å². The molecule has 1 amide bonds. The SMILES string of the molecule is COC(=O)C(CS(=O)c1ccc(Cl)c(Cl)c1)NC(C)=O. The fourth-order valence-corrected chi connectivity index (χ4v) is 2.97. The summed E-state index contributed by atoms with van der Waals surface area (Å²) in [5.74, 6) is -1.18. The molecule has 1 aromatic rings. The van der Waals surface area contributed by atoms with Gasteiger partial charge in [-0.3, -0.25) is 9.00 Å². The van der Waals surface area contributed by atoms with E-state index in [4.69, 9.17) is 23.2 Å². The highest BCUT2D eigenvalue weighted by Gasteiger charge is 2.23. The first-order chi connectivity index (χ1) is 9.35. The van der Waals surface area contributed by atoms with Crippen LogP contribution >= 0.6 is 23.2 Å². The van der Waals surface area contributed by atoms with E-state index in [1.54, 1.807) is 6.07 Å². The molecule has 5 nitrogen and oxygen atoms in total. The van der Waals surface area contributed by atoms with Crippen molar-refractivity contribution >= 4 is 45.9 Å². The minimum Gasteiger partial charge on any atom is -0.467 e. The molecule has 0 spiro atoms. The molecule has 110 valence electrons. The number of benzene rings is 1. The summed E-state index contributed by atoms with van der Waals surface area (Å²) in [5.41, 5.74) is 0. The van der Waals surface area contributed by atoms with Crippen LogP contribution in [0.1, 0.15) is 6.92 Å². The quantitative estimate of drug-likeness (QED) is 0.831. The maximum Gasteiger partial charge on any atom is 0.329 e. The number of esters is 1. The lowest BCUT2D eigenvalue weighted by atomic mass is 10.3. The van der Waals surface area contributed by atoms with Crippen LogP contribution in [0.25, 0.3) is 0 Å². The highest BCUT2D eigenvalue weighted by atomic mass is 35.5. The minimum absolute atomic E-state index is 0.107. The molecule has 0 bridgehead atoms. The number of hydrogen-bond donors (Lipinski definition) is 1. The standard InChI is InChI=1S/C12H13Cl2NO4S/c1-7(16)15-11(12(17)19-2)6-20(18)8-3-4-9(13)10(14)5-8/h3-5,11H,6H2,1-2H3,(H,15,16). The lowest BCUT2D eigenvalue weighted by Crippen LogP contribution is -2.44. The van der Waals surface area contributed by atoms with Crippen molar-refractivity contribution in [3.05, 3.63) is 28.2 Å². The lowest BCUT2D eigenvalue weighted by molar-refractivity contribution is -0.144. The van der Waals surface area contributed by atoms with Gasteiger partial charge in [-0.05, 0) is 18.2 Å². The van der Waals surface area contributed by atoms with E-state index in [-0.39, 0.29) is 10.8 Å². The predicted molar refractivity (Wildman–Crippen MR) is 77.4 cm³/mol. The molecule has 0 aliphatic heterocycles. The molecule has 8 heteroatoms. The van der Waals surface area contributed by atoms with Gasteiger partial charge in [0.1, 0.15) is 6.04 Å². The Kier molecular flexibility index (Phi) is 6.45. The number of ether oxygens (including phenoxy) is 1. The number of halogens is 2. The third kappa shape index (κ3) is 4.77. The largest absolute Gasteiger partial charge is 0.467 e. The topological polar surface area (TPSA) is 72.5 Å². The van der Waals surface area contributed by atoms with Crippen LogP contribution in [0.3, 0.4) is 0 Å². The van der Waals surface area contributed by atoms with Gasteiger partial charge in [0.2, 0.25) is 5.91 Å². The van der Waals surface area contributed by atoms with Crippen LogP contribution in [0.4, 0.5) is 0 Å². The predicted octanol–water partition coefficient (Wildman–Crippen LogP) is 1.78. The molecule has 20 heavy (non-hydrogen) atoms. The Bertz CT molecular complexity index is 550. The zero-order valence-corrected chi connectivity index (χ0v) is 13.1. The van der Waals surface area contributed by atoms with E-state index in [2.05, 4.69) is 10.1 Å². The van der Waals surface area contributed by atoms with Gasteiger partial charge < -0.3 is 10.1 Å². The van der Waals surface area contributed by atoms with Crippen LogP contribution < -0.4 is 5.32 Å². The molecule has 1 N–H and O–H groups in total. The van der Waals surface area contributed by atoms with Crippen LogP contribution in [0, 0.1) is 0 Å². The number of carbonyl (C=O) groups is 2. The van der Waals surface area contributed by atoms with Gasteiger partial charge in [-0.15, -0.1) is 0 Å². The molecule has 0 saturated heterocycles. The van der Waals surface area contributed by atoms with E-state index in [9.17, 15) is 13.8 Å². The summed E-state index contributed by atoms with van der Waals surface area (Å²) in [6.07, 6.45) is 0. The monoisotopic (exact) mass is 337 g/mol. The van der Waals surface area contributed by atoms with E-state index < -0.39 is 28.7 Å². The van der Waals surface area contributed by atoms with Gasteiger partial charge in [0.15, 0.2) is 0 Å². The number of rotatable bonds is 5. The molecule has 0 radical (unpaired) electrons. The Balaban J connectivity index is 2.86. The number of nitrogens with one attached hydrogen (secondary N) is 1. The van der Waals surface area contributed by atoms with E-state index in [0.717, 1.165) is 0 Å². The van der Waals surface area contributed by atoms with Gasteiger partial charge in [0.25, 0.3) is 0 Å². The van der Waals surface area contributed by atoms with E-state index >= 15 is 0 Å². The van der Waals surface area contributed by atoms with Crippen molar-refractivity contribution in [1.82, 2.24) is 5.32 Å². The fourth-order valence-electron chi connectivity index (χ4n) is 1.42. The first-order valence-corrected chi connectivity index (χ1v) is 7.61. The zero-order valence-electron chi connectivity index (χ0n) is 10.8. The molecule has 0 saturated carbocycles. The highest BCUT2D eigenvalue weighted by molar-refractivity contribution is 7.85. The molecule has 2 unspecified atom stereocenters. The second-order valence-corrected chi connectivity index (χ2v) is 6.17. The summed E-state index contributed by atoms with van der Waals surface area (Å²) in [6, 6.07) is 3.55. The Labute approximate surface area is 129 Å². The van der Waals surface area contributed by atoms with Crippen molar-refractivity contribution in [2.45, 2.75) is 17.9 Å². The number of carbonyl (C=O) groups excluding carboxylic acids is 2. The number of amides is 1. The molecule has 0 aliphatic carbocycles. The molecule has 1 aromatic carbocycles. The van der Waals surface area contributed by atoms with Crippen LogP contribution in [0.2, 0.25) is 10.0 Å². The van der Waals surface area contributed by atoms with Crippen molar-refractivity contribution in [1.29, 1.82) is 0 Å². The van der Waals surface area contributed by atoms with Gasteiger partial charge in [-0.1, -0.05) is 23.2 Å². The summed E-state index contributed by atoms with van der Waals surface area (Å²) < 4.78 is 16.7. The third-order valence-corrected chi connectivity index (χ3v) is 4.49. The van der Waals surface area contributed by atoms with Crippen molar-refractivity contribution in [3.63, 3.8) is 0 Å². The average molecular weight is 338 g/mol. The van der Waals surface area contributed by atoms with Crippen LogP contribution in [0.15, 0.2) is 23.1 Å². The molecule has 0 fully saturated rings. The van der Waals surface area contributed by atoms with E-state index in [1.165, 1.54) is 26.2 Å². The summed E-state index contributed by atoms with van der Waals surface area (Å²) in [5, 5.41) is 3.01. The molecule has 0 heterocycles. The third-order valence-electron chi connectivity index (χ3n) is 2.34. The molecule has 0 aromatic heterocycles. The zero-order chi connectivity index (χ0) is 15.3. The van der Waals surface area contributed by atoms with Gasteiger partial charge >= 0.3 is 5.97 Å². The molecule has 1 rings (SSSR count).